The van der Waals surface area contributed by atoms with Gasteiger partial charge >= 0.3 is 0 Å². The highest BCUT2D eigenvalue weighted by Gasteiger charge is 2.32. The lowest BCUT2D eigenvalue weighted by atomic mass is 9.74. The molecule has 8 rings (SSSR count). The number of allylic oxidation sites excluding steroid dienone is 1. The minimum atomic E-state index is -0.131. The van der Waals surface area contributed by atoms with Crippen molar-refractivity contribution in [2.45, 2.75) is 58.3 Å². The Morgan fingerprint density at radius 3 is 1.78 bits per heavy atom. The highest BCUT2D eigenvalue weighted by atomic mass is 14.4. The fourth-order valence-electron chi connectivity index (χ4n) is 8.03. The van der Waals surface area contributed by atoms with Crippen molar-refractivity contribution in [1.82, 2.24) is 0 Å². The van der Waals surface area contributed by atoms with E-state index in [2.05, 4.69) is 193 Å². The van der Waals surface area contributed by atoms with Crippen LogP contribution >= 0.6 is 0 Å². The molecule has 0 spiro atoms. The van der Waals surface area contributed by atoms with Gasteiger partial charge in [-0.15, -0.1) is 0 Å². The molecule has 0 heteroatoms. The topological polar surface area (TPSA) is 0 Å². The van der Waals surface area contributed by atoms with Gasteiger partial charge < -0.3 is 0 Å². The van der Waals surface area contributed by atoms with Crippen molar-refractivity contribution < 1.29 is 0 Å². The van der Waals surface area contributed by atoms with Crippen LogP contribution < -0.4 is 10.4 Å². The molecule has 240 valence electrons. The minimum Gasteiger partial charge on any atom is -0.0720 e. The summed E-state index contributed by atoms with van der Waals surface area (Å²) >= 11 is 0. The van der Waals surface area contributed by atoms with Crippen LogP contribution in [0.2, 0.25) is 0 Å². The predicted octanol–water partition coefficient (Wildman–Crippen LogP) is 11.2. The van der Waals surface area contributed by atoms with Gasteiger partial charge in [-0.05, 0) is 112 Å². The largest absolute Gasteiger partial charge is 0.0720 e. The van der Waals surface area contributed by atoms with Crippen molar-refractivity contribution in [2.24, 2.45) is 0 Å². The average Bonchev–Trinajstić information content (AvgIpc) is 3.69. The van der Waals surface area contributed by atoms with Gasteiger partial charge in [0.2, 0.25) is 0 Å². The molecule has 2 aliphatic rings. The summed E-state index contributed by atoms with van der Waals surface area (Å²) in [5, 5.41) is 2.69. The molecule has 0 saturated heterocycles. The molecule has 0 fully saturated rings. The first-order chi connectivity index (χ1) is 23.6. The van der Waals surface area contributed by atoms with Crippen LogP contribution in [0.4, 0.5) is 0 Å². The van der Waals surface area contributed by atoms with Gasteiger partial charge in [-0.3, -0.25) is 0 Å². The van der Waals surface area contributed by atoms with Crippen molar-refractivity contribution in [3.63, 3.8) is 0 Å². The highest BCUT2D eigenvalue weighted by molar-refractivity contribution is 5.88. The van der Waals surface area contributed by atoms with Crippen LogP contribution in [0.25, 0.3) is 40.0 Å². The zero-order valence-electron chi connectivity index (χ0n) is 29.5. The molecule has 0 radical (unpaired) electrons. The molecule has 2 aliphatic carbocycles. The molecule has 1 atom stereocenters. The van der Waals surface area contributed by atoms with Crippen LogP contribution in [0.3, 0.4) is 0 Å². The average molecular weight is 633 g/mol. The van der Waals surface area contributed by atoms with E-state index < -0.39 is 0 Å². The summed E-state index contributed by atoms with van der Waals surface area (Å²) in [5.74, 6) is 0.142. The van der Waals surface area contributed by atoms with E-state index in [9.17, 15) is 0 Å². The van der Waals surface area contributed by atoms with Crippen molar-refractivity contribution in [1.29, 1.82) is 0 Å². The molecule has 0 heterocycles. The van der Waals surface area contributed by atoms with Crippen molar-refractivity contribution in [3.8, 4) is 22.3 Å². The van der Waals surface area contributed by atoms with E-state index in [0.29, 0.717) is 0 Å². The number of hydrogen-bond donors (Lipinski definition) is 0. The first-order valence-electron chi connectivity index (χ1n) is 17.6. The molecule has 0 nitrogen and oxygen atoms in total. The summed E-state index contributed by atoms with van der Waals surface area (Å²) in [6.07, 6.45) is 7.30. The maximum absolute atomic E-state index is 2.52. The molecule has 6 aromatic carbocycles. The second-order valence-electron chi connectivity index (χ2n) is 15.8. The molecular weight excluding hydrogens is 589 g/mol. The fourth-order valence-corrected chi connectivity index (χ4v) is 8.03. The Bertz CT molecular complexity index is 2320. The van der Waals surface area contributed by atoms with Crippen LogP contribution in [0, 0.1) is 0 Å². The van der Waals surface area contributed by atoms with Gasteiger partial charge in [0, 0.05) is 5.92 Å². The summed E-state index contributed by atoms with van der Waals surface area (Å²) in [6, 6.07) is 49.5. The van der Waals surface area contributed by atoms with E-state index in [1.54, 1.807) is 0 Å². The van der Waals surface area contributed by atoms with Crippen LogP contribution in [0.1, 0.15) is 92.0 Å². The lowest BCUT2D eigenvalue weighted by Crippen LogP contribution is -2.34. The molecule has 0 saturated carbocycles. The second kappa shape index (κ2) is 11.7. The monoisotopic (exact) mass is 632 g/mol. The Morgan fingerprint density at radius 2 is 1.16 bits per heavy atom. The minimum absolute atomic E-state index is 0.0767. The van der Waals surface area contributed by atoms with E-state index in [1.807, 2.05) is 0 Å². The van der Waals surface area contributed by atoms with E-state index in [-0.39, 0.29) is 16.7 Å². The normalized spacial score (nSPS) is 14.6. The summed E-state index contributed by atoms with van der Waals surface area (Å²) in [7, 11) is 0. The first-order valence-corrected chi connectivity index (χ1v) is 17.6. The Labute approximate surface area is 291 Å². The molecule has 1 unspecified atom stereocenters. The smallest absolute Gasteiger partial charge is 0.0288 e. The maximum atomic E-state index is 2.52. The quantitative estimate of drug-likeness (QED) is 0.181. The first kappa shape index (κ1) is 31.1. The third-order valence-electron chi connectivity index (χ3n) is 10.4. The second-order valence-corrected chi connectivity index (χ2v) is 15.8. The van der Waals surface area contributed by atoms with Crippen LogP contribution in [-0.2, 0) is 10.8 Å². The van der Waals surface area contributed by atoms with Crippen LogP contribution in [-0.4, -0.2) is 0 Å². The van der Waals surface area contributed by atoms with E-state index in [1.165, 1.54) is 82.8 Å². The Balaban J connectivity index is 1.49. The van der Waals surface area contributed by atoms with Gasteiger partial charge in [-0.25, -0.2) is 0 Å². The number of hydrogen-bond acceptors (Lipinski definition) is 0. The van der Waals surface area contributed by atoms with E-state index in [0.717, 1.165) is 0 Å². The molecule has 0 aliphatic heterocycles. The molecule has 49 heavy (non-hydrogen) atoms. The third-order valence-corrected chi connectivity index (χ3v) is 10.4. The number of benzene rings is 6. The molecule has 0 aromatic heterocycles. The fraction of sp³-hybridized carbons (Fsp3) is 0.184. The lowest BCUT2D eigenvalue weighted by Gasteiger charge is -2.29. The molecule has 0 amide bonds. The predicted molar refractivity (Wildman–Crippen MR) is 209 cm³/mol. The van der Waals surface area contributed by atoms with E-state index in [4.69, 9.17) is 0 Å². The number of rotatable bonds is 4. The molecule has 0 bridgehead atoms. The van der Waals surface area contributed by atoms with Crippen LogP contribution in [0.5, 0.6) is 0 Å². The maximum Gasteiger partial charge on any atom is 0.0288 e. The van der Waals surface area contributed by atoms with Gasteiger partial charge in [0.25, 0.3) is 0 Å². The van der Waals surface area contributed by atoms with Gasteiger partial charge in [0.05, 0.1) is 0 Å². The standard InChI is InChI=1S/C49H44/c1-48(2,3)38-24-27-40-37(29-38)30-43-42(40)31-44(45(33-18-12-8-13-19-33)34-20-14-9-15-21-34)47(49(4,5)6)46(43)41-26-23-36-28-35(22-25-39(36)41)32-16-10-7-11-17-32/h7-31,41H,1-6H3. The Hall–Kier alpha value is -5.20. The molecular formula is C49H44. The van der Waals surface area contributed by atoms with Gasteiger partial charge in [0.15, 0.2) is 0 Å². The van der Waals surface area contributed by atoms with Crippen molar-refractivity contribution in [2.75, 3.05) is 0 Å². The summed E-state index contributed by atoms with van der Waals surface area (Å²) < 4.78 is 0. The lowest BCUT2D eigenvalue weighted by molar-refractivity contribution is 0.576. The van der Waals surface area contributed by atoms with Gasteiger partial charge in [-0.2, -0.15) is 0 Å². The zero-order chi connectivity index (χ0) is 33.9. The highest BCUT2D eigenvalue weighted by Crippen LogP contribution is 2.42. The van der Waals surface area contributed by atoms with Gasteiger partial charge in [0.1, 0.15) is 0 Å². The van der Waals surface area contributed by atoms with Gasteiger partial charge in [-0.1, -0.05) is 175 Å². The molecule has 6 aromatic rings. The third kappa shape index (κ3) is 5.50. The van der Waals surface area contributed by atoms with E-state index >= 15 is 0 Å². The summed E-state index contributed by atoms with van der Waals surface area (Å²) in [6.45, 7) is 14.1. The van der Waals surface area contributed by atoms with Crippen molar-refractivity contribution >= 4 is 17.7 Å². The Kier molecular flexibility index (Phi) is 7.45. The SMILES string of the molecule is CC(C)(C)c1ccc2c(c1)C=c1c-2cc(=C(c2ccccc2)c2ccccc2)c(C(C)(C)C)c1C1C=Cc2cc(-c3ccccc3)ccc21. The zero-order valence-corrected chi connectivity index (χ0v) is 29.5. The van der Waals surface area contributed by atoms with Crippen molar-refractivity contribution in [3.05, 3.63) is 194 Å². The Morgan fingerprint density at radius 1 is 0.531 bits per heavy atom. The molecule has 0 N–H and O–H groups in total. The van der Waals surface area contributed by atoms with Crippen LogP contribution in [0.15, 0.2) is 140 Å². The number of fused-ring (bicyclic) bond motifs is 4. The summed E-state index contributed by atoms with van der Waals surface area (Å²) in [5.41, 5.74) is 17.1. The summed E-state index contributed by atoms with van der Waals surface area (Å²) in [4.78, 5) is 0.